The van der Waals surface area contributed by atoms with Gasteiger partial charge in [0, 0.05) is 12.2 Å². The van der Waals surface area contributed by atoms with E-state index in [0.29, 0.717) is 5.92 Å². The Morgan fingerprint density at radius 3 is 2.80 bits per heavy atom. The predicted molar refractivity (Wildman–Crippen MR) is 58.3 cm³/mol. The molecule has 1 aromatic rings. The van der Waals surface area contributed by atoms with Crippen molar-refractivity contribution < 1.29 is 4.39 Å². The number of nitrogens with one attached hydrogen (secondary N) is 1. The van der Waals surface area contributed by atoms with Crippen molar-refractivity contribution in [3.63, 3.8) is 0 Å². The molecule has 4 heteroatoms. The van der Waals surface area contributed by atoms with Gasteiger partial charge in [0.25, 0.3) is 0 Å². The molecule has 0 bridgehead atoms. The van der Waals surface area contributed by atoms with Gasteiger partial charge in [0.05, 0.1) is 6.20 Å². The van der Waals surface area contributed by atoms with Gasteiger partial charge in [0.15, 0.2) is 0 Å². The van der Waals surface area contributed by atoms with Gasteiger partial charge < -0.3 is 0 Å². The van der Waals surface area contributed by atoms with E-state index in [9.17, 15) is 4.39 Å². The zero-order valence-electron chi connectivity index (χ0n) is 9.20. The largest absolute Gasteiger partial charge is 0.271 e. The summed E-state index contributed by atoms with van der Waals surface area (Å²) >= 11 is 0. The minimum atomic E-state index is -0.322. The number of nitrogens with two attached hydrogens (primary N) is 1. The van der Waals surface area contributed by atoms with E-state index in [1.165, 1.54) is 12.3 Å². The molecule has 0 fully saturated rings. The van der Waals surface area contributed by atoms with Gasteiger partial charge >= 0.3 is 0 Å². The van der Waals surface area contributed by atoms with Crippen LogP contribution in [-0.2, 0) is 0 Å². The maximum absolute atomic E-state index is 13.0. The van der Waals surface area contributed by atoms with Crippen LogP contribution < -0.4 is 11.3 Å². The third-order valence-electron chi connectivity index (χ3n) is 2.66. The highest BCUT2D eigenvalue weighted by molar-refractivity contribution is 5.14. The zero-order valence-corrected chi connectivity index (χ0v) is 9.20. The number of hydrogen-bond donors (Lipinski definition) is 2. The maximum atomic E-state index is 13.0. The standard InChI is InChI=1S/C11H18FN3/c1-3-8(2)4-11(15-13)9-5-10(12)7-14-6-9/h5-8,11,15H,3-4,13H2,1-2H3. The van der Waals surface area contributed by atoms with E-state index < -0.39 is 0 Å². The molecule has 0 aliphatic rings. The first-order chi connectivity index (χ1) is 7.17. The van der Waals surface area contributed by atoms with E-state index >= 15 is 0 Å². The van der Waals surface area contributed by atoms with Crippen LogP contribution in [0.1, 0.15) is 38.3 Å². The number of hydrazine groups is 1. The second kappa shape index (κ2) is 5.78. The van der Waals surface area contributed by atoms with Crippen LogP contribution in [0, 0.1) is 11.7 Å². The molecule has 15 heavy (non-hydrogen) atoms. The van der Waals surface area contributed by atoms with Crippen molar-refractivity contribution in [2.75, 3.05) is 0 Å². The lowest BCUT2D eigenvalue weighted by Gasteiger charge is -2.19. The van der Waals surface area contributed by atoms with Crippen LogP contribution in [-0.4, -0.2) is 4.98 Å². The SMILES string of the molecule is CCC(C)CC(NN)c1cncc(F)c1. The number of pyridine rings is 1. The van der Waals surface area contributed by atoms with Crippen LogP contribution in [0.25, 0.3) is 0 Å². The molecule has 2 atom stereocenters. The third-order valence-corrected chi connectivity index (χ3v) is 2.66. The minimum absolute atomic E-state index is 0.0249. The van der Waals surface area contributed by atoms with Crippen molar-refractivity contribution in [2.45, 2.75) is 32.7 Å². The molecular formula is C11H18FN3. The Kier molecular flexibility index (Phi) is 4.65. The molecule has 0 aliphatic heterocycles. The Bertz CT molecular complexity index is 304. The first-order valence-electron chi connectivity index (χ1n) is 5.24. The summed E-state index contributed by atoms with van der Waals surface area (Å²) in [5.41, 5.74) is 3.51. The normalized spacial score (nSPS) is 14.9. The van der Waals surface area contributed by atoms with Crippen molar-refractivity contribution in [3.8, 4) is 0 Å². The Morgan fingerprint density at radius 1 is 1.53 bits per heavy atom. The summed E-state index contributed by atoms with van der Waals surface area (Å²) < 4.78 is 13.0. The highest BCUT2D eigenvalue weighted by Crippen LogP contribution is 2.21. The summed E-state index contributed by atoms with van der Waals surface area (Å²) in [5.74, 6) is 5.69. The Hall–Kier alpha value is -1.00. The van der Waals surface area contributed by atoms with Gasteiger partial charge in [-0.05, 0) is 24.0 Å². The van der Waals surface area contributed by atoms with E-state index in [2.05, 4.69) is 24.3 Å². The van der Waals surface area contributed by atoms with Crippen molar-refractivity contribution in [1.29, 1.82) is 0 Å². The number of nitrogens with zero attached hydrogens (tertiary/aromatic N) is 1. The number of halogens is 1. The molecule has 1 aromatic heterocycles. The van der Waals surface area contributed by atoms with E-state index in [-0.39, 0.29) is 11.9 Å². The molecule has 1 rings (SSSR count). The fourth-order valence-electron chi connectivity index (χ4n) is 1.49. The fourth-order valence-corrected chi connectivity index (χ4v) is 1.49. The Labute approximate surface area is 89.9 Å². The van der Waals surface area contributed by atoms with Gasteiger partial charge in [-0.1, -0.05) is 20.3 Å². The average molecular weight is 211 g/mol. The van der Waals surface area contributed by atoms with Gasteiger partial charge in [0.1, 0.15) is 5.82 Å². The molecule has 84 valence electrons. The molecule has 0 spiro atoms. The minimum Gasteiger partial charge on any atom is -0.271 e. The van der Waals surface area contributed by atoms with E-state index in [1.54, 1.807) is 6.20 Å². The third kappa shape index (κ3) is 3.57. The van der Waals surface area contributed by atoms with Crippen LogP contribution in [0.15, 0.2) is 18.5 Å². The second-order valence-electron chi connectivity index (χ2n) is 3.90. The Morgan fingerprint density at radius 2 is 2.27 bits per heavy atom. The highest BCUT2D eigenvalue weighted by atomic mass is 19.1. The van der Waals surface area contributed by atoms with Crippen molar-refractivity contribution >= 4 is 0 Å². The van der Waals surface area contributed by atoms with Crippen molar-refractivity contribution in [2.24, 2.45) is 11.8 Å². The van der Waals surface area contributed by atoms with Crippen LogP contribution >= 0.6 is 0 Å². The van der Waals surface area contributed by atoms with E-state index in [4.69, 9.17) is 5.84 Å². The fraction of sp³-hybridized carbons (Fsp3) is 0.545. The van der Waals surface area contributed by atoms with Crippen molar-refractivity contribution in [1.82, 2.24) is 10.4 Å². The lowest BCUT2D eigenvalue weighted by molar-refractivity contribution is 0.405. The van der Waals surface area contributed by atoms with Gasteiger partial charge in [-0.2, -0.15) is 0 Å². The lowest BCUT2D eigenvalue weighted by Crippen LogP contribution is -2.29. The molecule has 0 saturated heterocycles. The lowest BCUT2D eigenvalue weighted by atomic mass is 9.95. The summed E-state index contributed by atoms with van der Waals surface area (Å²) in [5, 5.41) is 0. The quantitative estimate of drug-likeness (QED) is 0.579. The first-order valence-corrected chi connectivity index (χ1v) is 5.24. The van der Waals surface area contributed by atoms with Crippen LogP contribution in [0.2, 0.25) is 0 Å². The monoisotopic (exact) mass is 211 g/mol. The van der Waals surface area contributed by atoms with Crippen LogP contribution in [0.3, 0.4) is 0 Å². The number of aromatic nitrogens is 1. The molecular weight excluding hydrogens is 193 g/mol. The smallest absolute Gasteiger partial charge is 0.141 e. The summed E-state index contributed by atoms with van der Waals surface area (Å²) in [7, 11) is 0. The summed E-state index contributed by atoms with van der Waals surface area (Å²) in [4.78, 5) is 3.82. The average Bonchev–Trinajstić information content (AvgIpc) is 2.25. The van der Waals surface area contributed by atoms with Crippen LogP contribution in [0.4, 0.5) is 4.39 Å². The van der Waals surface area contributed by atoms with Gasteiger partial charge in [-0.3, -0.25) is 16.3 Å². The van der Waals surface area contributed by atoms with Gasteiger partial charge in [-0.15, -0.1) is 0 Å². The van der Waals surface area contributed by atoms with Crippen molar-refractivity contribution in [3.05, 3.63) is 29.8 Å². The number of hydrogen-bond acceptors (Lipinski definition) is 3. The summed E-state index contributed by atoms with van der Waals surface area (Å²) in [6, 6.07) is 1.45. The zero-order chi connectivity index (χ0) is 11.3. The molecule has 1 heterocycles. The Balaban J connectivity index is 2.73. The summed E-state index contributed by atoms with van der Waals surface area (Å²) in [6.45, 7) is 4.28. The molecule has 0 aliphatic carbocycles. The molecule has 0 radical (unpaired) electrons. The second-order valence-corrected chi connectivity index (χ2v) is 3.90. The predicted octanol–water partition coefficient (Wildman–Crippen LogP) is 2.16. The van der Waals surface area contributed by atoms with Crippen LogP contribution in [0.5, 0.6) is 0 Å². The van der Waals surface area contributed by atoms with Gasteiger partial charge in [0.2, 0.25) is 0 Å². The molecule has 3 N–H and O–H groups in total. The van der Waals surface area contributed by atoms with E-state index in [1.807, 2.05) is 0 Å². The molecule has 0 aromatic carbocycles. The molecule has 0 saturated carbocycles. The molecule has 2 unspecified atom stereocenters. The van der Waals surface area contributed by atoms with E-state index in [0.717, 1.165) is 18.4 Å². The van der Waals surface area contributed by atoms with Gasteiger partial charge in [-0.25, -0.2) is 4.39 Å². The summed E-state index contributed by atoms with van der Waals surface area (Å²) in [6.07, 6.45) is 4.81. The molecule has 0 amide bonds. The highest BCUT2D eigenvalue weighted by Gasteiger charge is 2.13. The first kappa shape index (κ1) is 12.1. The topological polar surface area (TPSA) is 50.9 Å². The molecule has 3 nitrogen and oxygen atoms in total. The number of rotatable bonds is 5. The maximum Gasteiger partial charge on any atom is 0.141 e.